The fourth-order valence-corrected chi connectivity index (χ4v) is 3.40. The number of rotatable bonds is 3. The Morgan fingerprint density at radius 1 is 1.27 bits per heavy atom. The minimum Gasteiger partial charge on any atom is -0.392 e. The maximum Gasteiger partial charge on any atom is 0.101 e. The van der Waals surface area contributed by atoms with Gasteiger partial charge in [0.25, 0.3) is 0 Å². The van der Waals surface area contributed by atoms with Gasteiger partial charge in [-0.15, -0.1) is 0 Å². The van der Waals surface area contributed by atoms with Crippen LogP contribution < -0.4 is 4.90 Å². The third-order valence-electron chi connectivity index (χ3n) is 4.23. The topological polar surface area (TPSA) is 33.9 Å². The zero-order valence-electron chi connectivity index (χ0n) is 9.74. The lowest BCUT2D eigenvalue weighted by Crippen LogP contribution is -3.18. The van der Waals surface area contributed by atoms with E-state index in [-0.39, 0.29) is 6.10 Å². The van der Waals surface area contributed by atoms with Gasteiger partial charge in [0, 0.05) is 19.4 Å². The summed E-state index contributed by atoms with van der Waals surface area (Å²) in [6, 6.07) is 0.706. The van der Waals surface area contributed by atoms with Crippen molar-refractivity contribution in [1.29, 1.82) is 0 Å². The summed E-state index contributed by atoms with van der Waals surface area (Å²) in [5.41, 5.74) is 0. The molecular formula is C12H24NO2+. The zero-order chi connectivity index (χ0) is 10.7. The Morgan fingerprint density at radius 2 is 2.07 bits per heavy atom. The van der Waals surface area contributed by atoms with Crippen LogP contribution in [0.5, 0.6) is 0 Å². The molecule has 0 bridgehead atoms. The summed E-state index contributed by atoms with van der Waals surface area (Å²) in [5.74, 6) is 0.569. The highest BCUT2D eigenvalue weighted by Gasteiger charge is 2.41. The van der Waals surface area contributed by atoms with Crippen LogP contribution in [-0.4, -0.2) is 44.1 Å². The number of ether oxygens (including phenoxy) is 1. The highest BCUT2D eigenvalue weighted by Crippen LogP contribution is 2.28. The largest absolute Gasteiger partial charge is 0.392 e. The fourth-order valence-electron chi connectivity index (χ4n) is 3.40. The van der Waals surface area contributed by atoms with Crippen molar-refractivity contribution in [2.24, 2.45) is 5.92 Å². The van der Waals surface area contributed by atoms with Gasteiger partial charge in [0.2, 0.25) is 0 Å². The SMILES string of the molecule is COCC[NH+]1CC[C@H](O)[C@H]2CCCC[C@@H]21. The number of fused-ring (bicyclic) bond motifs is 1. The molecule has 2 fully saturated rings. The Bertz CT molecular complexity index is 196. The second kappa shape index (κ2) is 5.28. The van der Waals surface area contributed by atoms with Gasteiger partial charge in [0.15, 0.2) is 0 Å². The Labute approximate surface area is 92.4 Å². The molecule has 4 atom stereocenters. The molecule has 15 heavy (non-hydrogen) atoms. The van der Waals surface area contributed by atoms with Gasteiger partial charge in [0.05, 0.1) is 25.3 Å². The number of hydrogen-bond donors (Lipinski definition) is 2. The molecule has 2 N–H and O–H groups in total. The van der Waals surface area contributed by atoms with Gasteiger partial charge in [-0.3, -0.25) is 0 Å². The minimum atomic E-state index is -0.0263. The lowest BCUT2D eigenvalue weighted by Gasteiger charge is -2.43. The molecule has 0 amide bonds. The van der Waals surface area contributed by atoms with E-state index in [0.717, 1.165) is 26.1 Å². The Balaban J connectivity index is 1.94. The molecule has 0 aromatic rings. The number of methoxy groups -OCH3 is 1. The summed E-state index contributed by atoms with van der Waals surface area (Å²) in [6.45, 7) is 3.10. The van der Waals surface area contributed by atoms with Gasteiger partial charge in [-0.2, -0.15) is 0 Å². The van der Waals surface area contributed by atoms with E-state index in [1.807, 2.05) is 0 Å². The van der Waals surface area contributed by atoms with Crippen molar-refractivity contribution in [2.75, 3.05) is 26.8 Å². The van der Waals surface area contributed by atoms with Crippen LogP contribution in [0, 0.1) is 5.92 Å². The molecule has 1 saturated heterocycles. The molecule has 88 valence electrons. The van der Waals surface area contributed by atoms with Crippen molar-refractivity contribution >= 4 is 0 Å². The van der Waals surface area contributed by atoms with Gasteiger partial charge in [-0.05, 0) is 19.3 Å². The average molecular weight is 214 g/mol. The van der Waals surface area contributed by atoms with Crippen molar-refractivity contribution in [3.05, 3.63) is 0 Å². The first kappa shape index (κ1) is 11.4. The van der Waals surface area contributed by atoms with Gasteiger partial charge >= 0.3 is 0 Å². The number of likely N-dealkylation sites (tertiary alicyclic amines) is 1. The van der Waals surface area contributed by atoms with E-state index in [1.165, 1.54) is 25.7 Å². The van der Waals surface area contributed by atoms with Crippen LogP contribution >= 0.6 is 0 Å². The molecule has 0 aromatic heterocycles. The van der Waals surface area contributed by atoms with Gasteiger partial charge in [0.1, 0.15) is 6.54 Å². The number of aliphatic hydroxyl groups is 1. The Kier molecular flexibility index (Phi) is 4.00. The standard InChI is InChI=1S/C12H23NO2/c1-15-9-8-13-7-6-12(14)10-4-2-3-5-11(10)13/h10-12,14H,2-9H2,1H3/p+1/t10-,11-,12-/m0/s1. The van der Waals surface area contributed by atoms with Crippen molar-refractivity contribution in [1.82, 2.24) is 0 Å². The van der Waals surface area contributed by atoms with E-state index in [0.29, 0.717) is 12.0 Å². The highest BCUT2D eigenvalue weighted by atomic mass is 16.5. The molecule has 2 rings (SSSR count). The van der Waals surface area contributed by atoms with E-state index in [1.54, 1.807) is 12.0 Å². The second-order valence-corrected chi connectivity index (χ2v) is 5.06. The number of piperidine rings is 1. The zero-order valence-corrected chi connectivity index (χ0v) is 9.74. The Hall–Kier alpha value is -0.120. The number of aliphatic hydroxyl groups excluding tert-OH is 1. The van der Waals surface area contributed by atoms with E-state index >= 15 is 0 Å². The predicted molar refractivity (Wildman–Crippen MR) is 58.9 cm³/mol. The minimum absolute atomic E-state index is 0.0263. The third-order valence-corrected chi connectivity index (χ3v) is 4.23. The highest BCUT2D eigenvalue weighted by molar-refractivity contribution is 4.83. The molecule has 3 heteroatoms. The molecule has 2 aliphatic rings. The summed E-state index contributed by atoms with van der Waals surface area (Å²) >= 11 is 0. The summed E-state index contributed by atoms with van der Waals surface area (Å²) in [6.07, 6.45) is 6.17. The number of hydrogen-bond acceptors (Lipinski definition) is 2. The smallest absolute Gasteiger partial charge is 0.101 e. The monoisotopic (exact) mass is 214 g/mol. The first-order chi connectivity index (χ1) is 7.33. The van der Waals surface area contributed by atoms with Crippen LogP contribution in [0.3, 0.4) is 0 Å². The van der Waals surface area contributed by atoms with E-state index < -0.39 is 0 Å². The lowest BCUT2D eigenvalue weighted by atomic mass is 9.76. The van der Waals surface area contributed by atoms with E-state index in [4.69, 9.17) is 4.74 Å². The van der Waals surface area contributed by atoms with Crippen molar-refractivity contribution in [3.8, 4) is 0 Å². The van der Waals surface area contributed by atoms with Crippen LogP contribution in [0.15, 0.2) is 0 Å². The van der Waals surface area contributed by atoms with E-state index in [2.05, 4.69) is 0 Å². The Morgan fingerprint density at radius 3 is 2.87 bits per heavy atom. The summed E-state index contributed by atoms with van der Waals surface area (Å²) in [7, 11) is 1.77. The lowest BCUT2D eigenvalue weighted by molar-refractivity contribution is -0.937. The fraction of sp³-hybridized carbons (Fsp3) is 1.00. The summed E-state index contributed by atoms with van der Waals surface area (Å²) in [4.78, 5) is 1.67. The third kappa shape index (κ3) is 2.52. The predicted octanol–water partition coefficient (Wildman–Crippen LogP) is -0.159. The van der Waals surface area contributed by atoms with Crippen molar-refractivity contribution < 1.29 is 14.7 Å². The van der Waals surface area contributed by atoms with E-state index in [9.17, 15) is 5.11 Å². The van der Waals surface area contributed by atoms with Crippen LogP contribution in [0.2, 0.25) is 0 Å². The molecule has 0 spiro atoms. The molecule has 1 saturated carbocycles. The maximum atomic E-state index is 10.0. The quantitative estimate of drug-likeness (QED) is 0.684. The van der Waals surface area contributed by atoms with Gasteiger partial charge in [-0.25, -0.2) is 0 Å². The van der Waals surface area contributed by atoms with Crippen LogP contribution in [0.4, 0.5) is 0 Å². The molecule has 1 unspecified atom stereocenters. The van der Waals surface area contributed by atoms with Crippen molar-refractivity contribution in [3.63, 3.8) is 0 Å². The molecule has 3 nitrogen and oxygen atoms in total. The second-order valence-electron chi connectivity index (χ2n) is 5.06. The molecular weight excluding hydrogens is 190 g/mol. The van der Waals surface area contributed by atoms with Crippen LogP contribution in [-0.2, 0) is 4.74 Å². The van der Waals surface area contributed by atoms with Gasteiger partial charge in [-0.1, -0.05) is 6.42 Å². The average Bonchev–Trinajstić information content (AvgIpc) is 2.29. The molecule has 0 radical (unpaired) electrons. The number of nitrogens with one attached hydrogen (secondary N) is 1. The van der Waals surface area contributed by atoms with Gasteiger partial charge < -0.3 is 14.7 Å². The summed E-state index contributed by atoms with van der Waals surface area (Å²) < 4.78 is 5.17. The summed E-state index contributed by atoms with van der Waals surface area (Å²) in [5, 5.41) is 10.0. The van der Waals surface area contributed by atoms with Crippen LogP contribution in [0.25, 0.3) is 0 Å². The maximum absolute atomic E-state index is 10.0. The molecule has 0 aromatic carbocycles. The first-order valence-electron chi connectivity index (χ1n) is 6.34. The molecule has 1 aliphatic heterocycles. The first-order valence-corrected chi connectivity index (χ1v) is 6.34. The molecule has 1 heterocycles. The molecule has 1 aliphatic carbocycles. The number of quaternary nitrogens is 1. The van der Waals surface area contributed by atoms with Crippen LogP contribution in [0.1, 0.15) is 32.1 Å². The normalized spacial score (nSPS) is 41.2. The van der Waals surface area contributed by atoms with Crippen molar-refractivity contribution in [2.45, 2.75) is 44.2 Å².